The van der Waals surface area contributed by atoms with Crippen molar-refractivity contribution < 1.29 is 9.53 Å². The van der Waals surface area contributed by atoms with Crippen LogP contribution >= 0.6 is 0 Å². The number of hydrogen-bond donors (Lipinski definition) is 1. The Hall–Kier alpha value is -0.610. The molecule has 0 aliphatic heterocycles. The Morgan fingerprint density at radius 3 is 2.50 bits per heavy atom. The lowest BCUT2D eigenvalue weighted by Crippen LogP contribution is -2.63. The zero-order valence-electron chi connectivity index (χ0n) is 12.5. The van der Waals surface area contributed by atoms with E-state index in [0.29, 0.717) is 18.4 Å². The summed E-state index contributed by atoms with van der Waals surface area (Å²) >= 11 is 0. The van der Waals surface area contributed by atoms with E-state index in [1.165, 1.54) is 0 Å². The Balaban J connectivity index is 2.52. The van der Waals surface area contributed by atoms with Gasteiger partial charge in [-0.3, -0.25) is 4.79 Å². The molecule has 0 spiro atoms. The summed E-state index contributed by atoms with van der Waals surface area (Å²) < 4.78 is 5.22. The minimum absolute atomic E-state index is 0.0688. The number of hydrogen-bond acceptors (Lipinski definition) is 4. The SMILES string of the molecule is CCOC(=O)C1(NCCN(C)C)CC(C(C)C)C1. The summed E-state index contributed by atoms with van der Waals surface area (Å²) in [5.74, 6) is 1.21. The second-order valence-corrected chi connectivity index (χ2v) is 5.94. The first-order valence-electron chi connectivity index (χ1n) is 6.98. The van der Waals surface area contributed by atoms with Crippen molar-refractivity contribution in [3.63, 3.8) is 0 Å². The minimum atomic E-state index is -0.416. The molecule has 0 bridgehead atoms. The van der Waals surface area contributed by atoms with E-state index in [1.54, 1.807) is 0 Å². The maximum atomic E-state index is 12.1. The van der Waals surface area contributed by atoms with Crippen LogP contribution in [0.2, 0.25) is 0 Å². The first-order valence-corrected chi connectivity index (χ1v) is 6.98. The number of nitrogens with one attached hydrogen (secondary N) is 1. The molecule has 4 heteroatoms. The third-order valence-electron chi connectivity index (χ3n) is 3.85. The number of likely N-dealkylation sites (N-methyl/N-ethyl adjacent to an activating group) is 1. The fourth-order valence-electron chi connectivity index (χ4n) is 2.48. The van der Waals surface area contributed by atoms with Gasteiger partial charge in [0.05, 0.1) is 6.61 Å². The maximum absolute atomic E-state index is 12.1. The fourth-order valence-corrected chi connectivity index (χ4v) is 2.48. The molecule has 1 rings (SSSR count). The van der Waals surface area contributed by atoms with Crippen molar-refractivity contribution in [2.24, 2.45) is 11.8 Å². The van der Waals surface area contributed by atoms with Gasteiger partial charge in [-0.05, 0) is 45.7 Å². The van der Waals surface area contributed by atoms with Gasteiger partial charge in [0.2, 0.25) is 0 Å². The summed E-state index contributed by atoms with van der Waals surface area (Å²) in [5.41, 5.74) is -0.416. The van der Waals surface area contributed by atoms with Crippen LogP contribution in [0, 0.1) is 11.8 Å². The molecule has 0 atom stereocenters. The van der Waals surface area contributed by atoms with E-state index in [4.69, 9.17) is 4.74 Å². The molecule has 0 radical (unpaired) electrons. The molecule has 1 N–H and O–H groups in total. The molecule has 18 heavy (non-hydrogen) atoms. The Labute approximate surface area is 111 Å². The Morgan fingerprint density at radius 2 is 2.06 bits per heavy atom. The van der Waals surface area contributed by atoms with E-state index in [2.05, 4.69) is 24.1 Å². The van der Waals surface area contributed by atoms with Gasteiger partial charge >= 0.3 is 5.97 Å². The van der Waals surface area contributed by atoms with Crippen LogP contribution in [-0.2, 0) is 9.53 Å². The van der Waals surface area contributed by atoms with Crippen LogP contribution < -0.4 is 5.32 Å². The molecule has 0 aromatic heterocycles. The molecule has 0 saturated heterocycles. The zero-order valence-corrected chi connectivity index (χ0v) is 12.5. The average molecular weight is 256 g/mol. The lowest BCUT2D eigenvalue weighted by Gasteiger charge is -2.48. The highest BCUT2D eigenvalue weighted by molar-refractivity contribution is 5.82. The van der Waals surface area contributed by atoms with Crippen molar-refractivity contribution in [2.75, 3.05) is 33.8 Å². The van der Waals surface area contributed by atoms with Gasteiger partial charge in [0.25, 0.3) is 0 Å². The quantitative estimate of drug-likeness (QED) is 0.701. The van der Waals surface area contributed by atoms with E-state index in [9.17, 15) is 4.79 Å². The highest BCUT2D eigenvalue weighted by Gasteiger charge is 2.51. The summed E-state index contributed by atoms with van der Waals surface area (Å²) in [4.78, 5) is 14.2. The summed E-state index contributed by atoms with van der Waals surface area (Å²) in [5, 5.41) is 3.42. The van der Waals surface area contributed by atoms with Crippen molar-refractivity contribution in [1.82, 2.24) is 10.2 Å². The first kappa shape index (κ1) is 15.4. The van der Waals surface area contributed by atoms with Gasteiger partial charge in [-0.1, -0.05) is 13.8 Å². The summed E-state index contributed by atoms with van der Waals surface area (Å²) in [6.07, 6.45) is 1.83. The number of rotatable bonds is 7. The van der Waals surface area contributed by atoms with Gasteiger partial charge in [0.1, 0.15) is 5.54 Å². The molecule has 1 aliphatic rings. The van der Waals surface area contributed by atoms with Crippen LogP contribution in [-0.4, -0.2) is 50.2 Å². The van der Waals surface area contributed by atoms with E-state index in [-0.39, 0.29) is 5.97 Å². The predicted octanol–water partition coefficient (Wildman–Crippen LogP) is 1.51. The first-order chi connectivity index (χ1) is 8.41. The van der Waals surface area contributed by atoms with Crippen molar-refractivity contribution in [3.05, 3.63) is 0 Å². The summed E-state index contributed by atoms with van der Waals surface area (Å²) in [6, 6.07) is 0. The van der Waals surface area contributed by atoms with Gasteiger partial charge in [0.15, 0.2) is 0 Å². The third-order valence-corrected chi connectivity index (χ3v) is 3.85. The highest BCUT2D eigenvalue weighted by Crippen LogP contribution is 2.42. The second-order valence-electron chi connectivity index (χ2n) is 5.94. The van der Waals surface area contributed by atoms with Crippen LogP contribution in [0.1, 0.15) is 33.6 Å². The Morgan fingerprint density at radius 1 is 1.44 bits per heavy atom. The molecule has 0 aromatic rings. The van der Waals surface area contributed by atoms with E-state index in [0.717, 1.165) is 25.9 Å². The van der Waals surface area contributed by atoms with Crippen LogP contribution in [0.15, 0.2) is 0 Å². The monoisotopic (exact) mass is 256 g/mol. The lowest BCUT2D eigenvalue weighted by molar-refractivity contribution is -0.159. The van der Waals surface area contributed by atoms with E-state index >= 15 is 0 Å². The normalized spacial score (nSPS) is 27.4. The molecular formula is C14H28N2O2. The molecule has 4 nitrogen and oxygen atoms in total. The predicted molar refractivity (Wildman–Crippen MR) is 73.5 cm³/mol. The minimum Gasteiger partial charge on any atom is -0.465 e. The van der Waals surface area contributed by atoms with Gasteiger partial charge in [-0.15, -0.1) is 0 Å². The average Bonchev–Trinajstić information content (AvgIpc) is 2.20. The third kappa shape index (κ3) is 3.69. The molecule has 0 heterocycles. The molecular weight excluding hydrogens is 228 g/mol. The summed E-state index contributed by atoms with van der Waals surface area (Å²) in [6.45, 7) is 8.54. The highest BCUT2D eigenvalue weighted by atomic mass is 16.5. The Kier molecular flexibility index (Phi) is 5.60. The maximum Gasteiger partial charge on any atom is 0.326 e. The molecule has 1 saturated carbocycles. The molecule has 0 amide bonds. The van der Waals surface area contributed by atoms with Gasteiger partial charge in [-0.2, -0.15) is 0 Å². The smallest absolute Gasteiger partial charge is 0.326 e. The number of carbonyl (C=O) groups is 1. The second kappa shape index (κ2) is 6.53. The molecule has 1 aliphatic carbocycles. The molecule has 0 aromatic carbocycles. The fraction of sp³-hybridized carbons (Fsp3) is 0.929. The molecule has 1 fully saturated rings. The number of esters is 1. The molecule has 106 valence electrons. The van der Waals surface area contributed by atoms with Crippen LogP contribution in [0.5, 0.6) is 0 Å². The van der Waals surface area contributed by atoms with Crippen molar-refractivity contribution in [2.45, 2.75) is 39.2 Å². The van der Waals surface area contributed by atoms with Gasteiger partial charge < -0.3 is 15.0 Å². The van der Waals surface area contributed by atoms with Gasteiger partial charge in [0, 0.05) is 13.1 Å². The zero-order chi connectivity index (χ0) is 13.8. The topological polar surface area (TPSA) is 41.6 Å². The van der Waals surface area contributed by atoms with Crippen LogP contribution in [0.3, 0.4) is 0 Å². The van der Waals surface area contributed by atoms with Crippen LogP contribution in [0.25, 0.3) is 0 Å². The molecule has 0 unspecified atom stereocenters. The van der Waals surface area contributed by atoms with Crippen molar-refractivity contribution >= 4 is 5.97 Å². The largest absolute Gasteiger partial charge is 0.465 e. The number of nitrogens with zero attached hydrogens (tertiary/aromatic N) is 1. The Bertz CT molecular complexity index is 271. The standard InChI is InChI=1S/C14H28N2O2/c1-6-18-13(17)14(15-7-8-16(4)5)9-12(10-14)11(2)3/h11-12,15H,6-10H2,1-5H3. The van der Waals surface area contributed by atoms with Crippen LogP contribution in [0.4, 0.5) is 0 Å². The van der Waals surface area contributed by atoms with Crippen molar-refractivity contribution in [1.29, 1.82) is 0 Å². The van der Waals surface area contributed by atoms with E-state index in [1.807, 2.05) is 21.0 Å². The lowest BCUT2D eigenvalue weighted by atomic mass is 9.64. The summed E-state index contributed by atoms with van der Waals surface area (Å²) in [7, 11) is 4.08. The van der Waals surface area contributed by atoms with E-state index < -0.39 is 5.54 Å². The number of ether oxygens (including phenoxy) is 1. The van der Waals surface area contributed by atoms with Gasteiger partial charge in [-0.25, -0.2) is 0 Å². The number of carbonyl (C=O) groups excluding carboxylic acids is 1. The van der Waals surface area contributed by atoms with Crippen molar-refractivity contribution in [3.8, 4) is 0 Å².